The van der Waals surface area contributed by atoms with Crippen LogP contribution < -0.4 is 0 Å². The second-order valence-corrected chi connectivity index (χ2v) is 11.0. The lowest BCUT2D eigenvalue weighted by Crippen LogP contribution is -2.61. The molecule has 7 atom stereocenters. The van der Waals surface area contributed by atoms with E-state index in [1.807, 2.05) is 0 Å². The molecule has 4 aliphatic carbocycles. The molecule has 0 aromatic heterocycles. The van der Waals surface area contributed by atoms with Crippen molar-refractivity contribution in [3.05, 3.63) is 0 Å². The lowest BCUT2D eigenvalue weighted by molar-refractivity contribution is -0.269. The number of rotatable bonds is 0. The molecule has 0 aromatic carbocycles. The van der Waals surface area contributed by atoms with E-state index >= 15 is 0 Å². The van der Waals surface area contributed by atoms with Gasteiger partial charge in [0.15, 0.2) is 11.6 Å². The first kappa shape index (κ1) is 18.6. The van der Waals surface area contributed by atoms with Crippen LogP contribution in [-0.4, -0.2) is 49.2 Å². The van der Waals surface area contributed by atoms with Gasteiger partial charge < -0.3 is 24.1 Å². The SMILES string of the molecule is C[C@]12CCC3(CC1[C@H](O)CC1C2CC[C@@]2(C)C1CCC21OCCO1)OCCO3. The van der Waals surface area contributed by atoms with E-state index in [0.717, 1.165) is 45.3 Å². The first-order chi connectivity index (χ1) is 13.4. The molecule has 2 heterocycles. The first-order valence-electron chi connectivity index (χ1n) is 11.7. The fourth-order valence-electron chi connectivity index (χ4n) is 8.87. The molecule has 2 aliphatic heterocycles. The van der Waals surface area contributed by atoms with E-state index in [1.165, 1.54) is 19.3 Å². The molecule has 2 saturated heterocycles. The van der Waals surface area contributed by atoms with E-state index in [2.05, 4.69) is 13.8 Å². The second kappa shape index (κ2) is 5.94. The molecular formula is C23H36O5. The molecule has 28 heavy (non-hydrogen) atoms. The van der Waals surface area contributed by atoms with Crippen LogP contribution in [0.15, 0.2) is 0 Å². The largest absolute Gasteiger partial charge is 0.393 e. The van der Waals surface area contributed by atoms with Crippen molar-refractivity contribution in [2.75, 3.05) is 26.4 Å². The van der Waals surface area contributed by atoms with Crippen LogP contribution in [0.3, 0.4) is 0 Å². The lowest BCUT2D eigenvalue weighted by atomic mass is 9.44. The van der Waals surface area contributed by atoms with Gasteiger partial charge in [-0.3, -0.25) is 0 Å². The van der Waals surface area contributed by atoms with Gasteiger partial charge in [0.05, 0.1) is 32.5 Å². The predicted octanol–water partition coefficient (Wildman–Crippen LogP) is 3.49. The third kappa shape index (κ3) is 2.21. The van der Waals surface area contributed by atoms with Gasteiger partial charge in [-0.25, -0.2) is 0 Å². The third-order valence-electron chi connectivity index (χ3n) is 10.3. The summed E-state index contributed by atoms with van der Waals surface area (Å²) in [7, 11) is 0. The Bertz CT molecular complexity index is 639. The monoisotopic (exact) mass is 392 g/mol. The van der Waals surface area contributed by atoms with Crippen molar-refractivity contribution in [2.24, 2.45) is 34.5 Å². The van der Waals surface area contributed by atoms with Crippen LogP contribution in [0.2, 0.25) is 0 Å². The zero-order chi connectivity index (χ0) is 19.2. The van der Waals surface area contributed by atoms with Crippen molar-refractivity contribution in [1.82, 2.24) is 0 Å². The second-order valence-electron chi connectivity index (χ2n) is 11.0. The molecule has 0 amide bonds. The molecule has 5 heteroatoms. The Kier molecular flexibility index (Phi) is 3.94. The average molecular weight is 393 g/mol. The van der Waals surface area contributed by atoms with E-state index in [4.69, 9.17) is 18.9 Å². The zero-order valence-electron chi connectivity index (χ0n) is 17.5. The Hall–Kier alpha value is -0.200. The molecule has 158 valence electrons. The van der Waals surface area contributed by atoms with Crippen LogP contribution >= 0.6 is 0 Å². The van der Waals surface area contributed by atoms with Crippen LogP contribution in [-0.2, 0) is 18.9 Å². The first-order valence-corrected chi connectivity index (χ1v) is 11.7. The maximum atomic E-state index is 11.3. The van der Waals surface area contributed by atoms with Gasteiger partial charge >= 0.3 is 0 Å². The lowest BCUT2D eigenvalue weighted by Gasteiger charge is -2.63. The van der Waals surface area contributed by atoms with Crippen LogP contribution in [0.1, 0.15) is 65.2 Å². The normalized spacial score (nSPS) is 53.9. The Morgan fingerprint density at radius 2 is 1.43 bits per heavy atom. The summed E-state index contributed by atoms with van der Waals surface area (Å²) in [4.78, 5) is 0. The van der Waals surface area contributed by atoms with Gasteiger partial charge in [0.25, 0.3) is 0 Å². The number of hydrogen-bond acceptors (Lipinski definition) is 5. The average Bonchev–Trinajstić information content (AvgIpc) is 3.39. The number of ether oxygens (including phenoxy) is 4. The molecule has 6 fully saturated rings. The molecule has 0 aromatic rings. The standard InChI is InChI=1S/C23H36O5/c1-20-7-8-22(25-9-10-26-22)14-18(20)19(24)13-15-16(20)3-5-21(2)17(15)4-6-23(21)27-11-12-28-23/h15-19,24H,3-14H2,1-2H3/t15?,16?,17?,18?,19-,20-,21+/m1/s1. The summed E-state index contributed by atoms with van der Waals surface area (Å²) in [6.07, 6.45) is 8.27. The minimum Gasteiger partial charge on any atom is -0.393 e. The molecule has 2 spiro atoms. The fourth-order valence-corrected chi connectivity index (χ4v) is 8.87. The molecule has 6 aliphatic rings. The highest BCUT2D eigenvalue weighted by Gasteiger charge is 2.69. The van der Waals surface area contributed by atoms with Crippen molar-refractivity contribution in [2.45, 2.75) is 82.9 Å². The van der Waals surface area contributed by atoms with Gasteiger partial charge in [0.2, 0.25) is 0 Å². The summed E-state index contributed by atoms with van der Waals surface area (Å²) in [5.74, 6) is 1.40. The maximum absolute atomic E-state index is 11.3. The summed E-state index contributed by atoms with van der Waals surface area (Å²) in [5, 5.41) is 11.3. The van der Waals surface area contributed by atoms with E-state index in [9.17, 15) is 5.11 Å². The topological polar surface area (TPSA) is 57.2 Å². The Morgan fingerprint density at radius 3 is 2.18 bits per heavy atom. The van der Waals surface area contributed by atoms with Gasteiger partial charge in [-0.2, -0.15) is 0 Å². The van der Waals surface area contributed by atoms with Gasteiger partial charge in [-0.1, -0.05) is 13.8 Å². The van der Waals surface area contributed by atoms with Crippen LogP contribution in [0, 0.1) is 34.5 Å². The van der Waals surface area contributed by atoms with Crippen LogP contribution in [0.4, 0.5) is 0 Å². The number of hydrogen-bond donors (Lipinski definition) is 1. The molecule has 0 bridgehead atoms. The summed E-state index contributed by atoms with van der Waals surface area (Å²) in [6, 6.07) is 0. The molecular weight excluding hydrogens is 356 g/mol. The predicted molar refractivity (Wildman–Crippen MR) is 102 cm³/mol. The van der Waals surface area contributed by atoms with Crippen LogP contribution in [0.5, 0.6) is 0 Å². The molecule has 4 unspecified atom stereocenters. The quantitative estimate of drug-likeness (QED) is 0.684. The highest BCUT2D eigenvalue weighted by Crippen LogP contribution is 2.70. The zero-order valence-corrected chi connectivity index (χ0v) is 17.5. The van der Waals surface area contributed by atoms with Gasteiger partial charge in [0, 0.05) is 24.7 Å². The molecule has 6 rings (SSSR count). The highest BCUT2D eigenvalue weighted by atomic mass is 16.7. The Labute approximate surface area is 168 Å². The van der Waals surface area contributed by atoms with Crippen molar-refractivity contribution in [1.29, 1.82) is 0 Å². The Morgan fingerprint density at radius 1 is 0.750 bits per heavy atom. The van der Waals surface area contributed by atoms with Crippen molar-refractivity contribution < 1.29 is 24.1 Å². The summed E-state index contributed by atoms with van der Waals surface area (Å²) in [5.41, 5.74) is 0.290. The number of fused-ring (bicyclic) bond motifs is 6. The van der Waals surface area contributed by atoms with Gasteiger partial charge in [-0.15, -0.1) is 0 Å². The summed E-state index contributed by atoms with van der Waals surface area (Å²) >= 11 is 0. The van der Waals surface area contributed by atoms with Gasteiger partial charge in [0.1, 0.15) is 0 Å². The van der Waals surface area contributed by atoms with E-state index in [1.54, 1.807) is 0 Å². The number of aliphatic hydroxyl groups excluding tert-OH is 1. The minimum atomic E-state index is -0.413. The Balaban J connectivity index is 1.31. The summed E-state index contributed by atoms with van der Waals surface area (Å²) < 4.78 is 24.6. The molecule has 4 saturated carbocycles. The smallest absolute Gasteiger partial charge is 0.174 e. The fraction of sp³-hybridized carbons (Fsp3) is 1.00. The maximum Gasteiger partial charge on any atom is 0.174 e. The minimum absolute atomic E-state index is 0.0984. The van der Waals surface area contributed by atoms with Gasteiger partial charge in [-0.05, 0) is 61.2 Å². The van der Waals surface area contributed by atoms with Crippen molar-refractivity contribution >= 4 is 0 Å². The summed E-state index contributed by atoms with van der Waals surface area (Å²) in [6.45, 7) is 7.77. The van der Waals surface area contributed by atoms with Crippen molar-refractivity contribution in [3.8, 4) is 0 Å². The third-order valence-corrected chi connectivity index (χ3v) is 10.3. The molecule has 0 radical (unpaired) electrons. The van der Waals surface area contributed by atoms with Crippen molar-refractivity contribution in [3.63, 3.8) is 0 Å². The van der Waals surface area contributed by atoms with E-state index in [-0.39, 0.29) is 22.7 Å². The number of aliphatic hydroxyl groups is 1. The highest BCUT2D eigenvalue weighted by molar-refractivity contribution is 5.14. The van der Waals surface area contributed by atoms with Crippen LogP contribution in [0.25, 0.3) is 0 Å². The van der Waals surface area contributed by atoms with E-state index in [0.29, 0.717) is 36.9 Å². The molecule has 1 N–H and O–H groups in total. The molecule has 5 nitrogen and oxygen atoms in total. The van der Waals surface area contributed by atoms with E-state index < -0.39 is 5.79 Å².